The Bertz CT molecular complexity index is 583. The van der Waals surface area contributed by atoms with Gasteiger partial charge in [-0.25, -0.2) is 0 Å². The lowest BCUT2D eigenvalue weighted by Crippen LogP contribution is -2.47. The Labute approximate surface area is 140 Å². The normalized spacial score (nSPS) is 12.8. The van der Waals surface area contributed by atoms with Crippen LogP contribution < -0.4 is 5.32 Å². The van der Waals surface area contributed by atoms with Crippen molar-refractivity contribution in [1.82, 2.24) is 5.32 Å². The minimum Gasteiger partial charge on any atom is -0.469 e. The SMILES string of the molecule is CC[Si](CC)(CC)C(C(=O)NCc1ccccc1)c1ccco1. The van der Waals surface area contributed by atoms with Crippen LogP contribution in [0.2, 0.25) is 18.1 Å². The Hall–Kier alpha value is -1.81. The molecular formula is C19H27NO2Si. The number of carbonyl (C=O) groups excluding carboxylic acids is 1. The van der Waals surface area contributed by atoms with Crippen LogP contribution in [0.5, 0.6) is 0 Å². The first kappa shape index (κ1) is 17.5. The van der Waals surface area contributed by atoms with Gasteiger partial charge in [-0.15, -0.1) is 0 Å². The monoisotopic (exact) mass is 329 g/mol. The van der Waals surface area contributed by atoms with Crippen LogP contribution in [-0.4, -0.2) is 14.0 Å². The van der Waals surface area contributed by atoms with E-state index in [4.69, 9.17) is 4.42 Å². The van der Waals surface area contributed by atoms with Crippen molar-refractivity contribution in [2.24, 2.45) is 0 Å². The highest BCUT2D eigenvalue weighted by Crippen LogP contribution is 2.36. The lowest BCUT2D eigenvalue weighted by Gasteiger charge is -2.35. The van der Waals surface area contributed by atoms with Crippen molar-refractivity contribution in [2.75, 3.05) is 0 Å². The summed E-state index contributed by atoms with van der Waals surface area (Å²) in [4.78, 5) is 13.0. The van der Waals surface area contributed by atoms with E-state index >= 15 is 0 Å². The molecule has 23 heavy (non-hydrogen) atoms. The second kappa shape index (κ2) is 8.16. The Morgan fingerprint density at radius 3 is 2.22 bits per heavy atom. The van der Waals surface area contributed by atoms with Crippen molar-refractivity contribution >= 4 is 14.0 Å². The molecule has 1 amide bonds. The first-order valence-corrected chi connectivity index (χ1v) is 11.2. The van der Waals surface area contributed by atoms with Crippen molar-refractivity contribution in [2.45, 2.75) is 51.0 Å². The number of nitrogens with one attached hydrogen (secondary N) is 1. The topological polar surface area (TPSA) is 42.2 Å². The summed E-state index contributed by atoms with van der Waals surface area (Å²) >= 11 is 0. The third-order valence-corrected chi connectivity index (χ3v) is 11.1. The van der Waals surface area contributed by atoms with Crippen LogP contribution in [-0.2, 0) is 11.3 Å². The van der Waals surface area contributed by atoms with E-state index in [0.29, 0.717) is 6.54 Å². The van der Waals surface area contributed by atoms with Crippen molar-refractivity contribution in [1.29, 1.82) is 0 Å². The molecule has 1 N–H and O–H groups in total. The standard InChI is InChI=1S/C19H27NO2Si/c1-4-23(5-2,6-3)18(17-13-10-14-22-17)19(21)20-15-16-11-8-7-9-12-16/h7-14,18H,4-6,15H2,1-3H3,(H,20,21). The number of benzene rings is 1. The summed E-state index contributed by atoms with van der Waals surface area (Å²) in [7, 11) is -1.76. The summed E-state index contributed by atoms with van der Waals surface area (Å²) in [6.45, 7) is 7.23. The maximum absolute atomic E-state index is 13.0. The number of furan rings is 1. The van der Waals surface area contributed by atoms with Gasteiger partial charge in [-0.2, -0.15) is 0 Å². The molecule has 0 aliphatic rings. The van der Waals surface area contributed by atoms with Gasteiger partial charge in [-0.05, 0) is 17.7 Å². The van der Waals surface area contributed by atoms with E-state index < -0.39 is 8.07 Å². The third-order valence-electron chi connectivity index (χ3n) is 5.12. The lowest BCUT2D eigenvalue weighted by molar-refractivity contribution is -0.121. The van der Waals surface area contributed by atoms with E-state index in [1.807, 2.05) is 42.5 Å². The molecule has 0 bridgehead atoms. The lowest BCUT2D eigenvalue weighted by atomic mass is 10.2. The molecule has 2 aromatic rings. The summed E-state index contributed by atoms with van der Waals surface area (Å²) in [6.07, 6.45) is 1.67. The zero-order chi connectivity index (χ0) is 16.7. The van der Waals surface area contributed by atoms with Crippen LogP contribution in [0, 0.1) is 0 Å². The summed E-state index contributed by atoms with van der Waals surface area (Å²) in [5, 5.41) is 3.13. The fourth-order valence-corrected chi connectivity index (χ4v) is 7.56. The average Bonchev–Trinajstić information content (AvgIpc) is 3.12. The minimum absolute atomic E-state index is 0.110. The first-order chi connectivity index (χ1) is 11.2. The van der Waals surface area contributed by atoms with E-state index in [-0.39, 0.29) is 11.4 Å². The molecule has 0 aliphatic heterocycles. The van der Waals surface area contributed by atoms with Crippen LogP contribution in [0.4, 0.5) is 0 Å². The van der Waals surface area contributed by atoms with Gasteiger partial charge in [0, 0.05) is 6.54 Å². The number of hydrogen-bond acceptors (Lipinski definition) is 2. The fraction of sp³-hybridized carbons (Fsp3) is 0.421. The molecule has 1 atom stereocenters. The van der Waals surface area contributed by atoms with Gasteiger partial charge >= 0.3 is 0 Å². The fourth-order valence-electron chi connectivity index (χ4n) is 3.41. The summed E-state index contributed by atoms with van der Waals surface area (Å²) in [5.41, 5.74) is 1.01. The molecule has 0 fully saturated rings. The van der Waals surface area contributed by atoms with E-state index in [2.05, 4.69) is 26.1 Å². The summed E-state index contributed by atoms with van der Waals surface area (Å²) < 4.78 is 5.65. The Kier molecular flexibility index (Phi) is 6.22. The second-order valence-corrected chi connectivity index (χ2v) is 11.5. The van der Waals surface area contributed by atoms with E-state index in [1.54, 1.807) is 6.26 Å². The quantitative estimate of drug-likeness (QED) is 0.712. The highest BCUT2D eigenvalue weighted by molar-refractivity contribution is 6.83. The predicted octanol–water partition coefficient (Wildman–Crippen LogP) is 4.73. The number of amides is 1. The largest absolute Gasteiger partial charge is 0.469 e. The molecule has 2 rings (SSSR count). The number of hydrogen-bond donors (Lipinski definition) is 1. The molecule has 0 radical (unpaired) electrons. The average molecular weight is 330 g/mol. The second-order valence-electron chi connectivity index (χ2n) is 6.07. The Morgan fingerprint density at radius 2 is 1.70 bits per heavy atom. The van der Waals surface area contributed by atoms with Gasteiger partial charge < -0.3 is 9.73 Å². The van der Waals surface area contributed by atoms with Crippen LogP contribution in [0.15, 0.2) is 53.1 Å². The molecular weight excluding hydrogens is 302 g/mol. The predicted molar refractivity (Wildman–Crippen MR) is 96.9 cm³/mol. The van der Waals surface area contributed by atoms with E-state index in [1.165, 1.54) is 0 Å². The van der Waals surface area contributed by atoms with Gasteiger partial charge in [-0.3, -0.25) is 4.79 Å². The van der Waals surface area contributed by atoms with Gasteiger partial charge in [0.25, 0.3) is 0 Å². The molecule has 0 saturated heterocycles. The molecule has 1 aromatic carbocycles. The van der Waals surface area contributed by atoms with Gasteiger partial charge in [0.2, 0.25) is 5.91 Å². The van der Waals surface area contributed by atoms with Gasteiger partial charge in [0.05, 0.1) is 19.9 Å². The maximum Gasteiger partial charge on any atom is 0.228 e. The number of carbonyl (C=O) groups is 1. The number of rotatable bonds is 8. The smallest absolute Gasteiger partial charge is 0.228 e. The van der Waals surface area contributed by atoms with Crippen LogP contribution in [0.25, 0.3) is 0 Å². The minimum atomic E-state index is -1.76. The van der Waals surface area contributed by atoms with Crippen molar-refractivity contribution in [3.63, 3.8) is 0 Å². The molecule has 0 saturated carbocycles. The third kappa shape index (κ3) is 3.94. The first-order valence-electron chi connectivity index (χ1n) is 8.52. The Balaban J connectivity index is 2.21. The zero-order valence-corrected chi connectivity index (χ0v) is 15.3. The maximum atomic E-state index is 13.0. The molecule has 1 unspecified atom stereocenters. The molecule has 124 valence electrons. The highest BCUT2D eigenvalue weighted by atomic mass is 28.3. The van der Waals surface area contributed by atoms with Crippen molar-refractivity contribution in [3.05, 3.63) is 60.1 Å². The van der Waals surface area contributed by atoms with Crippen LogP contribution in [0.1, 0.15) is 37.6 Å². The zero-order valence-electron chi connectivity index (χ0n) is 14.3. The molecule has 4 heteroatoms. The van der Waals surface area contributed by atoms with Crippen molar-refractivity contribution in [3.8, 4) is 0 Å². The van der Waals surface area contributed by atoms with Gasteiger partial charge in [-0.1, -0.05) is 69.2 Å². The van der Waals surface area contributed by atoms with E-state index in [9.17, 15) is 4.79 Å². The van der Waals surface area contributed by atoms with Gasteiger partial charge in [0.15, 0.2) is 0 Å². The molecule has 1 aromatic heterocycles. The van der Waals surface area contributed by atoms with Crippen LogP contribution in [0.3, 0.4) is 0 Å². The van der Waals surface area contributed by atoms with Crippen molar-refractivity contribution < 1.29 is 9.21 Å². The van der Waals surface area contributed by atoms with E-state index in [0.717, 1.165) is 29.5 Å². The Morgan fingerprint density at radius 1 is 1.04 bits per heavy atom. The molecule has 0 aliphatic carbocycles. The van der Waals surface area contributed by atoms with Gasteiger partial charge in [0.1, 0.15) is 5.76 Å². The highest BCUT2D eigenvalue weighted by Gasteiger charge is 2.43. The summed E-state index contributed by atoms with van der Waals surface area (Å²) in [6, 6.07) is 17.1. The summed E-state index contributed by atoms with van der Waals surface area (Å²) in [5.74, 6) is 0.939. The molecule has 1 heterocycles. The van der Waals surface area contributed by atoms with Crippen LogP contribution >= 0.6 is 0 Å². The molecule has 3 nitrogen and oxygen atoms in total. The molecule has 0 spiro atoms.